The summed E-state index contributed by atoms with van der Waals surface area (Å²) in [7, 11) is 0. The van der Waals surface area contributed by atoms with Crippen LogP contribution < -0.4 is 11.1 Å². The van der Waals surface area contributed by atoms with Crippen molar-refractivity contribution < 1.29 is 9.90 Å². The molecule has 4 N–H and O–H groups in total. The Morgan fingerprint density at radius 1 is 1.42 bits per heavy atom. The number of hydrogen-bond acceptors (Lipinski definition) is 3. The maximum absolute atomic E-state index is 11.1. The van der Waals surface area contributed by atoms with Crippen LogP contribution in [0.4, 0.5) is 0 Å². The van der Waals surface area contributed by atoms with Gasteiger partial charge in [0.1, 0.15) is 0 Å². The van der Waals surface area contributed by atoms with E-state index in [1.165, 1.54) is 18.4 Å². The predicted molar refractivity (Wildman–Crippen MR) is 74.7 cm³/mol. The van der Waals surface area contributed by atoms with E-state index in [-0.39, 0.29) is 12.0 Å². The van der Waals surface area contributed by atoms with E-state index in [9.17, 15) is 9.90 Å². The summed E-state index contributed by atoms with van der Waals surface area (Å²) < 4.78 is 0. The smallest absolute Gasteiger partial charge is 0.248 e. The van der Waals surface area contributed by atoms with Gasteiger partial charge in [-0.25, -0.2) is 0 Å². The third kappa shape index (κ3) is 3.29. The van der Waals surface area contributed by atoms with Gasteiger partial charge in [-0.2, -0.15) is 0 Å². The highest BCUT2D eigenvalue weighted by Crippen LogP contribution is 2.26. The van der Waals surface area contributed by atoms with Crippen LogP contribution in [0.15, 0.2) is 42.1 Å². The number of benzene rings is 1. The highest BCUT2D eigenvalue weighted by atomic mass is 35.5. The number of carbonyl (C=O) groups is 1. The maximum Gasteiger partial charge on any atom is 0.248 e. The number of nitrogens with one attached hydrogen (secondary N) is 1. The van der Waals surface area contributed by atoms with Crippen molar-refractivity contribution in [2.24, 2.45) is 5.73 Å². The molecule has 1 aromatic carbocycles. The number of aliphatic hydroxyl groups is 1. The summed E-state index contributed by atoms with van der Waals surface area (Å²) in [4.78, 5) is 11.1. The largest absolute Gasteiger partial charge is 0.367 e. The summed E-state index contributed by atoms with van der Waals surface area (Å²) in [6.07, 6.45) is 4.54. The molecule has 19 heavy (non-hydrogen) atoms. The standard InChI is InChI=1S/C13H12Cl2N2O2/c14-10-2-1-8(11(15)5-10)6-13(19)7-9(12(16)18)3-4-17-13/h1-5,7,17,19H,6H2,(H2,16,18). The first kappa shape index (κ1) is 13.9. The van der Waals surface area contributed by atoms with Gasteiger partial charge in [-0.15, -0.1) is 0 Å². The third-order valence-corrected chi connectivity index (χ3v) is 3.34. The summed E-state index contributed by atoms with van der Waals surface area (Å²) in [5.41, 5.74) is 4.73. The SMILES string of the molecule is NC(=O)C1=CC(O)(Cc2ccc(Cl)cc2Cl)NC=C1. The predicted octanol–water partition coefficient (Wildman–Crippen LogP) is 1.75. The molecule has 1 aromatic rings. The van der Waals surface area contributed by atoms with Gasteiger partial charge in [0.25, 0.3) is 0 Å². The molecule has 100 valence electrons. The summed E-state index contributed by atoms with van der Waals surface area (Å²) in [6, 6.07) is 5.00. The number of primary amides is 1. The van der Waals surface area contributed by atoms with Crippen LogP contribution in [0.3, 0.4) is 0 Å². The lowest BCUT2D eigenvalue weighted by Crippen LogP contribution is -2.45. The van der Waals surface area contributed by atoms with Crippen molar-refractivity contribution in [3.8, 4) is 0 Å². The zero-order chi connectivity index (χ0) is 14.0. The number of dihydropyridines is 1. The first-order chi connectivity index (χ1) is 8.89. The van der Waals surface area contributed by atoms with Crippen molar-refractivity contribution in [3.05, 3.63) is 57.7 Å². The van der Waals surface area contributed by atoms with Crippen LogP contribution in [0.5, 0.6) is 0 Å². The van der Waals surface area contributed by atoms with Crippen LogP contribution in [0.2, 0.25) is 10.0 Å². The van der Waals surface area contributed by atoms with Crippen LogP contribution in [0.25, 0.3) is 0 Å². The Kier molecular flexibility index (Phi) is 3.85. The second-order valence-electron chi connectivity index (χ2n) is 4.28. The molecule has 2 rings (SSSR count). The molecule has 0 aromatic heterocycles. The second-order valence-corrected chi connectivity index (χ2v) is 5.12. The monoisotopic (exact) mass is 298 g/mol. The van der Waals surface area contributed by atoms with Gasteiger partial charge >= 0.3 is 0 Å². The lowest BCUT2D eigenvalue weighted by atomic mass is 9.97. The van der Waals surface area contributed by atoms with Gasteiger partial charge in [0.2, 0.25) is 5.91 Å². The molecule has 0 saturated carbocycles. The first-order valence-electron chi connectivity index (χ1n) is 5.53. The second kappa shape index (κ2) is 5.25. The van der Waals surface area contributed by atoms with Crippen LogP contribution >= 0.6 is 23.2 Å². The van der Waals surface area contributed by atoms with Gasteiger partial charge < -0.3 is 16.2 Å². The van der Waals surface area contributed by atoms with Gasteiger partial charge in [0.15, 0.2) is 5.72 Å². The minimum Gasteiger partial charge on any atom is -0.367 e. The Labute approximate surface area is 120 Å². The minimum absolute atomic E-state index is 0.185. The van der Waals surface area contributed by atoms with Gasteiger partial charge in [-0.1, -0.05) is 29.3 Å². The van der Waals surface area contributed by atoms with Crippen LogP contribution in [-0.2, 0) is 11.2 Å². The average molecular weight is 299 g/mol. The van der Waals surface area contributed by atoms with Crippen molar-refractivity contribution in [3.63, 3.8) is 0 Å². The number of hydrogen-bond donors (Lipinski definition) is 3. The number of halogens is 2. The van der Waals surface area contributed by atoms with E-state index in [0.717, 1.165) is 0 Å². The lowest BCUT2D eigenvalue weighted by molar-refractivity contribution is -0.114. The molecule has 4 nitrogen and oxygen atoms in total. The van der Waals surface area contributed by atoms with E-state index in [1.54, 1.807) is 18.2 Å². The summed E-state index contributed by atoms with van der Waals surface area (Å²) >= 11 is 11.9. The molecule has 0 aliphatic carbocycles. The van der Waals surface area contributed by atoms with Crippen molar-refractivity contribution >= 4 is 29.1 Å². The number of rotatable bonds is 3. The zero-order valence-electron chi connectivity index (χ0n) is 9.86. The fraction of sp³-hybridized carbons (Fsp3) is 0.154. The molecule has 1 aliphatic rings. The maximum atomic E-state index is 11.1. The van der Waals surface area contributed by atoms with E-state index in [1.807, 2.05) is 0 Å². The van der Waals surface area contributed by atoms with Crippen molar-refractivity contribution in [2.45, 2.75) is 12.1 Å². The van der Waals surface area contributed by atoms with Gasteiger partial charge in [0, 0.05) is 22.0 Å². The molecule has 0 saturated heterocycles. The lowest BCUT2D eigenvalue weighted by Gasteiger charge is -2.28. The summed E-state index contributed by atoms with van der Waals surface area (Å²) in [5.74, 6) is -0.599. The average Bonchev–Trinajstić information content (AvgIpc) is 2.33. The highest BCUT2D eigenvalue weighted by molar-refractivity contribution is 6.35. The quantitative estimate of drug-likeness (QED) is 0.796. The van der Waals surface area contributed by atoms with Crippen molar-refractivity contribution in [1.29, 1.82) is 0 Å². The Balaban J connectivity index is 2.27. The topological polar surface area (TPSA) is 75.4 Å². The molecule has 1 amide bonds. The molecule has 0 bridgehead atoms. The van der Waals surface area contributed by atoms with E-state index >= 15 is 0 Å². The highest BCUT2D eigenvalue weighted by Gasteiger charge is 2.27. The van der Waals surface area contributed by atoms with Gasteiger partial charge in [0.05, 0.1) is 0 Å². The molecule has 6 heteroatoms. The Hall–Kier alpha value is -1.49. The van der Waals surface area contributed by atoms with Crippen molar-refractivity contribution in [2.75, 3.05) is 0 Å². The number of carbonyl (C=O) groups excluding carboxylic acids is 1. The minimum atomic E-state index is -1.41. The Bertz CT molecular complexity index is 584. The number of nitrogens with two attached hydrogens (primary N) is 1. The molecule has 1 heterocycles. The fourth-order valence-electron chi connectivity index (χ4n) is 1.83. The van der Waals surface area contributed by atoms with Gasteiger partial charge in [-0.05, 0) is 36.0 Å². The van der Waals surface area contributed by atoms with E-state index in [0.29, 0.717) is 15.6 Å². The fourth-order valence-corrected chi connectivity index (χ4v) is 2.31. The molecular weight excluding hydrogens is 287 g/mol. The van der Waals surface area contributed by atoms with Crippen LogP contribution in [0, 0.1) is 0 Å². The van der Waals surface area contributed by atoms with E-state index in [4.69, 9.17) is 28.9 Å². The van der Waals surface area contributed by atoms with E-state index in [2.05, 4.69) is 5.32 Å². The molecular formula is C13H12Cl2N2O2. The van der Waals surface area contributed by atoms with E-state index < -0.39 is 11.6 Å². The molecule has 1 atom stereocenters. The Morgan fingerprint density at radius 2 is 2.16 bits per heavy atom. The molecule has 0 fully saturated rings. The molecule has 1 aliphatic heterocycles. The summed E-state index contributed by atoms with van der Waals surface area (Å²) in [6.45, 7) is 0. The number of amides is 1. The Morgan fingerprint density at radius 3 is 2.79 bits per heavy atom. The third-order valence-electron chi connectivity index (χ3n) is 2.75. The van der Waals surface area contributed by atoms with Gasteiger partial charge in [-0.3, -0.25) is 4.79 Å². The van der Waals surface area contributed by atoms with Crippen molar-refractivity contribution in [1.82, 2.24) is 5.32 Å². The van der Waals surface area contributed by atoms with Crippen LogP contribution in [-0.4, -0.2) is 16.7 Å². The normalized spacial score (nSPS) is 21.7. The molecule has 1 unspecified atom stereocenters. The summed E-state index contributed by atoms with van der Waals surface area (Å²) in [5, 5.41) is 14.1. The zero-order valence-corrected chi connectivity index (χ0v) is 11.4. The first-order valence-corrected chi connectivity index (χ1v) is 6.28. The molecule has 0 radical (unpaired) electrons. The van der Waals surface area contributed by atoms with Crippen LogP contribution in [0.1, 0.15) is 5.56 Å². The molecule has 0 spiro atoms.